The Balaban J connectivity index is 1.78. The van der Waals surface area contributed by atoms with Gasteiger partial charge in [0.25, 0.3) is 0 Å². The summed E-state index contributed by atoms with van der Waals surface area (Å²) in [6.45, 7) is 1.26. The van der Waals surface area contributed by atoms with Gasteiger partial charge in [-0.3, -0.25) is 4.57 Å². The summed E-state index contributed by atoms with van der Waals surface area (Å²) in [4.78, 5) is 14.9. The van der Waals surface area contributed by atoms with Gasteiger partial charge in [0.1, 0.15) is 15.8 Å². The van der Waals surface area contributed by atoms with Crippen molar-refractivity contribution in [3.8, 4) is 11.5 Å². The summed E-state index contributed by atoms with van der Waals surface area (Å²) in [5, 5.41) is 1.34. The Morgan fingerprint density at radius 3 is 2.79 bits per heavy atom. The van der Waals surface area contributed by atoms with E-state index in [1.165, 1.54) is 54.3 Å². The monoisotopic (exact) mass is 519 g/mol. The molecule has 1 fully saturated rings. The maximum Gasteiger partial charge on any atom is 0.163 e. The number of benzene rings is 1. The van der Waals surface area contributed by atoms with Crippen molar-refractivity contribution in [1.82, 2.24) is 14.1 Å². The molecule has 0 bridgehead atoms. The van der Waals surface area contributed by atoms with Crippen LogP contribution >= 0.6 is 31.9 Å². The van der Waals surface area contributed by atoms with Crippen molar-refractivity contribution in [2.24, 2.45) is 0 Å². The minimum atomic E-state index is 0.438. The van der Waals surface area contributed by atoms with Gasteiger partial charge in [-0.2, -0.15) is 0 Å². The van der Waals surface area contributed by atoms with Crippen LogP contribution in [-0.2, 0) is 22.9 Å². The van der Waals surface area contributed by atoms with Crippen LogP contribution < -0.4 is 0 Å². The number of hydrogen-bond donors (Lipinski definition) is 0. The average Bonchev–Trinajstić information content (AvgIpc) is 3.13. The Kier molecular flexibility index (Phi) is 5.41. The SMILES string of the molecule is COOCc1ccc2c(C3CCCCC3)c3n(c2c1)CC=Cn1c-3nc(Br)c1Br. The molecule has 0 N–H and O–H groups in total. The van der Waals surface area contributed by atoms with E-state index in [0.717, 1.165) is 27.1 Å². The van der Waals surface area contributed by atoms with E-state index in [4.69, 9.17) is 14.8 Å². The number of fused-ring (bicyclic) bond motifs is 5. The maximum absolute atomic E-state index is 5.18. The van der Waals surface area contributed by atoms with Crippen LogP contribution in [0.15, 0.2) is 33.5 Å². The average molecular weight is 521 g/mol. The van der Waals surface area contributed by atoms with Crippen LogP contribution in [0.2, 0.25) is 0 Å². The van der Waals surface area contributed by atoms with Crippen LogP contribution in [0.1, 0.15) is 49.1 Å². The molecule has 0 spiro atoms. The third-order valence-corrected chi connectivity index (χ3v) is 7.94. The number of nitrogens with zero attached hydrogens (tertiary/aromatic N) is 3. The summed E-state index contributed by atoms with van der Waals surface area (Å²) in [5.41, 5.74) is 5.04. The second-order valence-electron chi connectivity index (χ2n) is 7.76. The number of hydrogen-bond acceptors (Lipinski definition) is 3. The molecular formula is C22H23Br2N3O2. The highest BCUT2D eigenvalue weighted by Gasteiger charge is 2.30. The first-order valence-electron chi connectivity index (χ1n) is 10.1. The van der Waals surface area contributed by atoms with E-state index >= 15 is 0 Å². The smallest absolute Gasteiger partial charge is 0.163 e. The number of halogens is 2. The summed E-state index contributed by atoms with van der Waals surface area (Å²) in [6.07, 6.45) is 10.7. The maximum atomic E-state index is 5.18. The Bertz CT molecular complexity index is 1090. The molecule has 1 aliphatic carbocycles. The fraction of sp³-hybridized carbons (Fsp3) is 0.409. The zero-order valence-corrected chi connectivity index (χ0v) is 19.5. The lowest BCUT2D eigenvalue weighted by atomic mass is 9.82. The number of aromatic nitrogens is 3. The topological polar surface area (TPSA) is 41.2 Å². The Labute approximate surface area is 186 Å². The summed E-state index contributed by atoms with van der Waals surface area (Å²) >= 11 is 7.30. The van der Waals surface area contributed by atoms with Crippen molar-refractivity contribution in [3.63, 3.8) is 0 Å². The fourth-order valence-corrected chi connectivity index (χ4v) is 5.55. The van der Waals surface area contributed by atoms with Gasteiger partial charge in [0.05, 0.1) is 12.8 Å². The molecule has 5 rings (SSSR count). The summed E-state index contributed by atoms with van der Waals surface area (Å²) in [6, 6.07) is 6.65. The second-order valence-corrected chi connectivity index (χ2v) is 9.26. The van der Waals surface area contributed by atoms with E-state index in [-0.39, 0.29) is 0 Å². The first-order chi connectivity index (χ1) is 14.2. The molecule has 29 heavy (non-hydrogen) atoms. The number of rotatable bonds is 4. The summed E-state index contributed by atoms with van der Waals surface area (Å²) in [5.74, 6) is 1.56. The molecule has 0 amide bonds. The Morgan fingerprint density at radius 2 is 2.00 bits per heavy atom. The quantitative estimate of drug-likeness (QED) is 0.286. The third-order valence-electron chi connectivity index (χ3n) is 6.09. The number of allylic oxidation sites excluding steroid dienone is 1. The first-order valence-corrected chi connectivity index (χ1v) is 11.7. The van der Waals surface area contributed by atoms with Gasteiger partial charge in [-0.05, 0) is 73.9 Å². The van der Waals surface area contributed by atoms with Gasteiger partial charge in [-0.25, -0.2) is 14.8 Å². The molecule has 5 nitrogen and oxygen atoms in total. The molecule has 1 saturated carbocycles. The molecule has 0 unspecified atom stereocenters. The van der Waals surface area contributed by atoms with Crippen molar-refractivity contribution in [2.75, 3.05) is 7.11 Å². The molecule has 2 aromatic heterocycles. The van der Waals surface area contributed by atoms with Crippen molar-refractivity contribution in [2.45, 2.75) is 51.2 Å². The van der Waals surface area contributed by atoms with Crippen LogP contribution in [-0.4, -0.2) is 21.2 Å². The van der Waals surface area contributed by atoms with Crippen molar-refractivity contribution < 1.29 is 9.78 Å². The van der Waals surface area contributed by atoms with Gasteiger partial charge in [0.15, 0.2) is 5.82 Å². The molecule has 3 aromatic rings. The first kappa shape index (κ1) is 19.5. The van der Waals surface area contributed by atoms with E-state index in [1.54, 1.807) is 7.11 Å². The standard InChI is InChI=1S/C22H23Br2N3O2/c1-28-29-13-14-8-9-16-17(12-14)26-10-5-11-27-21(24)20(23)25-22(27)19(26)18(16)15-6-3-2-4-7-15/h5,8-9,11-12,15H,2-4,6-7,10,13H2,1H3. The van der Waals surface area contributed by atoms with E-state index in [9.17, 15) is 0 Å². The minimum Gasteiger partial charge on any atom is -0.334 e. The largest absolute Gasteiger partial charge is 0.334 e. The Hall–Kier alpha value is -1.41. The number of imidazole rings is 1. The molecule has 7 heteroatoms. The molecule has 152 valence electrons. The van der Waals surface area contributed by atoms with Crippen LogP contribution in [0.25, 0.3) is 28.6 Å². The molecule has 0 radical (unpaired) electrons. The highest BCUT2D eigenvalue weighted by Crippen LogP contribution is 2.45. The molecule has 3 heterocycles. The van der Waals surface area contributed by atoms with Gasteiger partial charge < -0.3 is 4.57 Å². The molecule has 0 saturated heterocycles. The van der Waals surface area contributed by atoms with Gasteiger partial charge in [0, 0.05) is 23.6 Å². The van der Waals surface area contributed by atoms with Crippen LogP contribution in [0, 0.1) is 0 Å². The molecule has 1 aliphatic heterocycles. The van der Waals surface area contributed by atoms with Crippen LogP contribution in [0.3, 0.4) is 0 Å². The van der Waals surface area contributed by atoms with E-state index in [1.807, 2.05) is 0 Å². The molecule has 1 aromatic carbocycles. The highest BCUT2D eigenvalue weighted by atomic mass is 79.9. The molecule has 0 atom stereocenters. The van der Waals surface area contributed by atoms with Gasteiger partial charge in [-0.15, -0.1) is 0 Å². The van der Waals surface area contributed by atoms with E-state index in [0.29, 0.717) is 12.5 Å². The Morgan fingerprint density at radius 1 is 1.17 bits per heavy atom. The molecular weight excluding hydrogens is 498 g/mol. The molecule has 2 aliphatic rings. The predicted molar refractivity (Wildman–Crippen MR) is 122 cm³/mol. The highest BCUT2D eigenvalue weighted by molar-refractivity contribution is 9.13. The minimum absolute atomic E-state index is 0.438. The fourth-order valence-electron chi connectivity index (χ4n) is 4.82. The zero-order valence-electron chi connectivity index (χ0n) is 16.3. The second kappa shape index (κ2) is 8.02. The van der Waals surface area contributed by atoms with Gasteiger partial charge in [-0.1, -0.05) is 31.4 Å². The van der Waals surface area contributed by atoms with Gasteiger partial charge in [0.2, 0.25) is 0 Å². The van der Waals surface area contributed by atoms with Crippen LogP contribution in [0.4, 0.5) is 0 Å². The lowest BCUT2D eigenvalue weighted by Crippen LogP contribution is -2.07. The van der Waals surface area contributed by atoms with E-state index < -0.39 is 0 Å². The van der Waals surface area contributed by atoms with Crippen molar-refractivity contribution >= 4 is 49.0 Å². The van der Waals surface area contributed by atoms with Gasteiger partial charge >= 0.3 is 0 Å². The van der Waals surface area contributed by atoms with Crippen molar-refractivity contribution in [1.29, 1.82) is 0 Å². The summed E-state index contributed by atoms with van der Waals surface area (Å²) < 4.78 is 6.34. The van der Waals surface area contributed by atoms with Crippen LogP contribution in [0.5, 0.6) is 0 Å². The van der Waals surface area contributed by atoms with E-state index in [2.05, 4.69) is 71.5 Å². The lowest BCUT2D eigenvalue weighted by Gasteiger charge is -2.23. The third kappa shape index (κ3) is 3.32. The van der Waals surface area contributed by atoms with Crippen molar-refractivity contribution in [3.05, 3.63) is 44.6 Å². The normalized spacial score (nSPS) is 16.8. The lowest BCUT2D eigenvalue weighted by molar-refractivity contribution is -0.282. The zero-order chi connectivity index (χ0) is 20.0. The predicted octanol–water partition coefficient (Wildman–Crippen LogP) is 6.64. The summed E-state index contributed by atoms with van der Waals surface area (Å²) in [7, 11) is 1.54.